The van der Waals surface area contributed by atoms with E-state index in [1.807, 2.05) is 38.1 Å². The van der Waals surface area contributed by atoms with Gasteiger partial charge in [-0.3, -0.25) is 4.79 Å². The molecule has 9 heteroatoms. The number of nitrogens with one attached hydrogen (secondary N) is 1. The highest BCUT2D eigenvalue weighted by molar-refractivity contribution is 8.01. The van der Waals surface area contributed by atoms with Gasteiger partial charge in [0.25, 0.3) is 0 Å². The lowest BCUT2D eigenvalue weighted by molar-refractivity contribution is -0.115. The lowest BCUT2D eigenvalue weighted by atomic mass is 10.1. The van der Waals surface area contributed by atoms with Crippen molar-refractivity contribution in [2.45, 2.75) is 35.3 Å². The number of thioether (sulfide) groups is 1. The van der Waals surface area contributed by atoms with Gasteiger partial charge in [0.05, 0.1) is 34.7 Å². The number of fused-ring (bicyclic) bond motifs is 1. The first-order chi connectivity index (χ1) is 15.4. The third kappa shape index (κ3) is 4.66. The van der Waals surface area contributed by atoms with Gasteiger partial charge in [0.2, 0.25) is 15.9 Å². The maximum atomic E-state index is 13.2. The second-order valence-corrected chi connectivity index (χ2v) is 11.0. The summed E-state index contributed by atoms with van der Waals surface area (Å²) < 4.78 is 33.1. The van der Waals surface area contributed by atoms with Gasteiger partial charge in [-0.15, -0.1) is 11.8 Å². The molecular weight excluding hydrogens is 446 g/mol. The van der Waals surface area contributed by atoms with E-state index in [1.54, 1.807) is 30.0 Å². The zero-order valence-corrected chi connectivity index (χ0v) is 20.0. The smallest absolute Gasteiger partial charge is 0.243 e. The topological polar surface area (TPSA) is 79.0 Å². The van der Waals surface area contributed by atoms with Crippen LogP contribution in [-0.2, 0) is 26.0 Å². The van der Waals surface area contributed by atoms with Gasteiger partial charge < -0.3 is 15.0 Å². The fourth-order valence-electron chi connectivity index (χ4n) is 4.11. The Morgan fingerprint density at radius 1 is 1.16 bits per heavy atom. The summed E-state index contributed by atoms with van der Waals surface area (Å²) in [5.41, 5.74) is 2.52. The van der Waals surface area contributed by atoms with E-state index in [0.29, 0.717) is 51.5 Å². The number of amides is 1. The molecule has 0 bridgehead atoms. The molecule has 172 valence electrons. The number of benzene rings is 2. The van der Waals surface area contributed by atoms with E-state index < -0.39 is 10.0 Å². The Balaban J connectivity index is 1.64. The van der Waals surface area contributed by atoms with Crippen molar-refractivity contribution in [1.29, 1.82) is 0 Å². The molecular formula is C23H29N3O4S2. The average Bonchev–Trinajstić information content (AvgIpc) is 3.25. The fraction of sp³-hybridized carbons (Fsp3) is 0.435. The number of sulfonamides is 1. The zero-order valence-electron chi connectivity index (χ0n) is 18.4. The molecule has 2 aromatic rings. The van der Waals surface area contributed by atoms with Gasteiger partial charge in [-0.25, -0.2) is 8.42 Å². The molecule has 0 radical (unpaired) electrons. The summed E-state index contributed by atoms with van der Waals surface area (Å²) in [7, 11) is -3.64. The van der Waals surface area contributed by atoms with Crippen LogP contribution in [0.1, 0.15) is 19.4 Å². The Bertz CT molecular complexity index is 1060. The predicted molar refractivity (Wildman–Crippen MR) is 128 cm³/mol. The van der Waals surface area contributed by atoms with Gasteiger partial charge in [0.15, 0.2) is 0 Å². The van der Waals surface area contributed by atoms with E-state index >= 15 is 0 Å². The van der Waals surface area contributed by atoms with Crippen LogP contribution < -0.4 is 10.2 Å². The quantitative estimate of drug-likeness (QED) is 0.663. The van der Waals surface area contributed by atoms with Crippen molar-refractivity contribution in [3.05, 3.63) is 48.0 Å². The van der Waals surface area contributed by atoms with Crippen molar-refractivity contribution in [1.82, 2.24) is 4.31 Å². The van der Waals surface area contributed by atoms with Gasteiger partial charge in [0, 0.05) is 31.1 Å². The van der Waals surface area contributed by atoms with Crippen LogP contribution in [0, 0.1) is 0 Å². The zero-order chi connectivity index (χ0) is 22.7. The number of carbonyl (C=O) groups excluding carboxylic acids is 1. The van der Waals surface area contributed by atoms with E-state index in [2.05, 4.69) is 10.2 Å². The Labute approximate surface area is 194 Å². The second kappa shape index (κ2) is 9.82. The lowest BCUT2D eigenvalue weighted by Gasteiger charge is -2.31. The number of hydrogen-bond acceptors (Lipinski definition) is 6. The summed E-state index contributed by atoms with van der Waals surface area (Å²) in [6.45, 7) is 7.00. The number of morpholine rings is 1. The molecule has 0 aromatic heterocycles. The van der Waals surface area contributed by atoms with Crippen LogP contribution in [0.3, 0.4) is 0 Å². The average molecular weight is 476 g/mol. The number of hydrogen-bond donors (Lipinski definition) is 1. The molecule has 2 aliphatic rings. The van der Waals surface area contributed by atoms with E-state index in [9.17, 15) is 13.2 Å². The minimum Gasteiger partial charge on any atom is -0.378 e. The lowest BCUT2D eigenvalue weighted by Crippen LogP contribution is -2.37. The third-order valence-corrected chi connectivity index (χ3v) is 9.22. The van der Waals surface area contributed by atoms with Gasteiger partial charge in [-0.2, -0.15) is 4.31 Å². The summed E-state index contributed by atoms with van der Waals surface area (Å²) in [4.78, 5) is 16.6. The van der Waals surface area contributed by atoms with Crippen molar-refractivity contribution in [3.8, 4) is 0 Å². The Kier molecular flexibility index (Phi) is 7.09. The highest BCUT2D eigenvalue weighted by Gasteiger charge is 2.30. The van der Waals surface area contributed by atoms with Crippen molar-refractivity contribution in [3.63, 3.8) is 0 Å². The van der Waals surface area contributed by atoms with Crippen LogP contribution in [0.5, 0.6) is 0 Å². The van der Waals surface area contributed by atoms with Crippen molar-refractivity contribution in [2.24, 2.45) is 0 Å². The van der Waals surface area contributed by atoms with Crippen LogP contribution in [-0.4, -0.2) is 63.3 Å². The largest absolute Gasteiger partial charge is 0.378 e. The summed E-state index contributed by atoms with van der Waals surface area (Å²) in [6.07, 6.45) is 0.664. The fourth-order valence-corrected chi connectivity index (χ4v) is 6.79. The predicted octanol–water partition coefficient (Wildman–Crippen LogP) is 3.21. The second-order valence-electron chi connectivity index (χ2n) is 7.78. The molecule has 1 fully saturated rings. The SMILES string of the molecule is CCN(CC)S(=O)(=O)c1ccc(N2CCOCC2)c(NC(=O)C2Cc3ccccc3S2)c1. The normalized spacial score (nSPS) is 18.6. The minimum absolute atomic E-state index is 0.113. The molecule has 0 aliphatic carbocycles. The van der Waals surface area contributed by atoms with Gasteiger partial charge in [-0.1, -0.05) is 32.0 Å². The van der Waals surface area contributed by atoms with E-state index in [-0.39, 0.29) is 16.1 Å². The maximum absolute atomic E-state index is 13.2. The van der Waals surface area contributed by atoms with Crippen molar-refractivity contribution >= 4 is 39.1 Å². The van der Waals surface area contributed by atoms with Gasteiger partial charge in [0.1, 0.15) is 0 Å². The molecule has 1 saturated heterocycles. The molecule has 1 atom stereocenters. The molecule has 2 heterocycles. The summed E-state index contributed by atoms with van der Waals surface area (Å²) in [5, 5.41) is 2.80. The summed E-state index contributed by atoms with van der Waals surface area (Å²) in [6, 6.07) is 13.1. The van der Waals surface area contributed by atoms with Crippen LogP contribution >= 0.6 is 11.8 Å². The molecule has 2 aromatic carbocycles. The van der Waals surface area contributed by atoms with E-state index in [1.165, 1.54) is 9.87 Å². The number of carbonyl (C=O) groups is 1. The third-order valence-electron chi connectivity index (χ3n) is 5.86. The van der Waals surface area contributed by atoms with Crippen LogP contribution in [0.15, 0.2) is 52.3 Å². The monoisotopic (exact) mass is 475 g/mol. The molecule has 1 amide bonds. The highest BCUT2D eigenvalue weighted by atomic mass is 32.2. The van der Waals surface area contributed by atoms with Gasteiger partial charge in [-0.05, 0) is 36.2 Å². The summed E-state index contributed by atoms with van der Waals surface area (Å²) in [5.74, 6) is -0.113. The molecule has 2 aliphatic heterocycles. The van der Waals surface area contributed by atoms with Crippen LogP contribution in [0.4, 0.5) is 11.4 Å². The molecule has 0 saturated carbocycles. The first-order valence-electron chi connectivity index (χ1n) is 11.0. The minimum atomic E-state index is -3.64. The number of ether oxygens (including phenoxy) is 1. The van der Waals surface area contributed by atoms with E-state index in [4.69, 9.17) is 4.74 Å². The standard InChI is InChI=1S/C23H29N3O4S2/c1-3-26(4-2)32(28,29)18-9-10-20(25-11-13-30-14-12-25)19(16-18)24-23(27)22-15-17-7-5-6-8-21(17)31-22/h5-10,16,22H,3-4,11-15H2,1-2H3,(H,24,27). The molecule has 32 heavy (non-hydrogen) atoms. The molecule has 0 spiro atoms. The van der Waals surface area contributed by atoms with Crippen LogP contribution in [0.25, 0.3) is 0 Å². The number of nitrogens with zero attached hydrogens (tertiary/aromatic N) is 2. The number of rotatable bonds is 7. The Morgan fingerprint density at radius 3 is 2.56 bits per heavy atom. The highest BCUT2D eigenvalue weighted by Crippen LogP contribution is 2.38. The Morgan fingerprint density at radius 2 is 1.88 bits per heavy atom. The molecule has 4 rings (SSSR count). The van der Waals surface area contributed by atoms with Crippen LogP contribution in [0.2, 0.25) is 0 Å². The summed E-state index contributed by atoms with van der Waals surface area (Å²) >= 11 is 1.55. The maximum Gasteiger partial charge on any atom is 0.243 e. The first-order valence-corrected chi connectivity index (χ1v) is 13.3. The number of anilines is 2. The van der Waals surface area contributed by atoms with E-state index in [0.717, 1.165) is 10.6 Å². The Hall–Kier alpha value is -2.07. The first kappa shape index (κ1) is 23.1. The molecule has 1 unspecified atom stereocenters. The van der Waals surface area contributed by atoms with Crippen molar-refractivity contribution in [2.75, 3.05) is 49.6 Å². The molecule has 1 N–H and O–H groups in total. The molecule has 7 nitrogen and oxygen atoms in total. The van der Waals surface area contributed by atoms with Crippen molar-refractivity contribution < 1.29 is 17.9 Å². The van der Waals surface area contributed by atoms with Gasteiger partial charge >= 0.3 is 0 Å².